The molecule has 2 aromatic rings. The largest absolute Gasteiger partial charge is 0.386 e. The molecule has 0 radical (unpaired) electrons. The molecule has 3 nitrogen and oxygen atoms in total. The lowest BCUT2D eigenvalue weighted by atomic mass is 9.91. The third kappa shape index (κ3) is 3.25. The molecule has 1 saturated carbocycles. The molecule has 0 unspecified atom stereocenters. The van der Waals surface area contributed by atoms with Gasteiger partial charge in [0.05, 0.1) is 29.1 Å². The monoisotopic (exact) mass is 354 g/mol. The molecular formula is C21H26N2OS. The van der Waals surface area contributed by atoms with Gasteiger partial charge in [-0.2, -0.15) is 0 Å². The Morgan fingerprint density at radius 1 is 1.12 bits per heavy atom. The van der Waals surface area contributed by atoms with Crippen molar-refractivity contribution >= 4 is 23.5 Å². The highest BCUT2D eigenvalue weighted by Gasteiger charge is 2.31. The van der Waals surface area contributed by atoms with E-state index in [9.17, 15) is 5.11 Å². The summed E-state index contributed by atoms with van der Waals surface area (Å²) >= 11 is 1.80. The molecule has 132 valence electrons. The molecule has 0 aromatic heterocycles. The van der Waals surface area contributed by atoms with Crippen LogP contribution in [0.4, 0.5) is 11.4 Å². The number of nitrogens with zero attached hydrogens (tertiary/aromatic N) is 2. The molecule has 2 aromatic carbocycles. The number of rotatable bonds is 4. The highest BCUT2D eigenvalue weighted by atomic mass is 32.2. The Hall–Kier alpha value is -1.65. The van der Waals surface area contributed by atoms with Crippen LogP contribution in [0.15, 0.2) is 36.4 Å². The Morgan fingerprint density at radius 3 is 2.56 bits per heavy atom. The van der Waals surface area contributed by atoms with E-state index in [1.807, 2.05) is 19.9 Å². The number of anilines is 2. The Balaban J connectivity index is 1.72. The van der Waals surface area contributed by atoms with Gasteiger partial charge in [-0.1, -0.05) is 18.2 Å². The van der Waals surface area contributed by atoms with Gasteiger partial charge in [-0.25, -0.2) is 0 Å². The van der Waals surface area contributed by atoms with E-state index in [2.05, 4.69) is 52.9 Å². The zero-order chi connectivity index (χ0) is 17.8. The minimum atomic E-state index is -0.827. The second kappa shape index (κ2) is 5.96. The summed E-state index contributed by atoms with van der Waals surface area (Å²) < 4.78 is 4.69. The van der Waals surface area contributed by atoms with Crippen LogP contribution in [-0.4, -0.2) is 18.7 Å². The van der Waals surface area contributed by atoms with E-state index in [0.717, 1.165) is 18.0 Å². The zero-order valence-electron chi connectivity index (χ0n) is 15.4. The van der Waals surface area contributed by atoms with E-state index in [0.29, 0.717) is 0 Å². The number of benzene rings is 2. The first-order valence-electron chi connectivity index (χ1n) is 9.00. The summed E-state index contributed by atoms with van der Waals surface area (Å²) in [5.74, 6) is 0.872. The molecule has 1 fully saturated rings. The number of aryl methyl sites for hydroxylation is 1. The van der Waals surface area contributed by atoms with Gasteiger partial charge in [0, 0.05) is 13.6 Å². The second-order valence-corrected chi connectivity index (χ2v) is 9.03. The average Bonchev–Trinajstić information content (AvgIpc) is 3.31. The molecule has 4 heteroatoms. The van der Waals surface area contributed by atoms with Gasteiger partial charge >= 0.3 is 0 Å². The Kier molecular flexibility index (Phi) is 4.00. The molecule has 1 aliphatic carbocycles. The maximum absolute atomic E-state index is 10.4. The van der Waals surface area contributed by atoms with Gasteiger partial charge in [-0.3, -0.25) is 8.61 Å². The third-order valence-electron chi connectivity index (χ3n) is 5.18. The van der Waals surface area contributed by atoms with Gasteiger partial charge in [0.25, 0.3) is 0 Å². The minimum Gasteiger partial charge on any atom is -0.386 e. The summed E-state index contributed by atoms with van der Waals surface area (Å²) in [5, 5.41) is 10.4. The van der Waals surface area contributed by atoms with E-state index >= 15 is 0 Å². The van der Waals surface area contributed by atoms with Crippen molar-refractivity contribution < 1.29 is 5.11 Å². The maximum atomic E-state index is 10.4. The molecular weight excluding hydrogens is 328 g/mol. The molecule has 4 rings (SSSR count). The summed E-state index contributed by atoms with van der Waals surface area (Å²) in [6, 6.07) is 13.0. The van der Waals surface area contributed by atoms with Crippen LogP contribution in [0.2, 0.25) is 0 Å². The normalized spacial score (nSPS) is 17.2. The van der Waals surface area contributed by atoms with Crippen molar-refractivity contribution in [2.24, 2.45) is 5.92 Å². The summed E-state index contributed by atoms with van der Waals surface area (Å²) in [6.07, 6.45) is 2.74. The Bertz CT molecular complexity index is 808. The molecule has 0 bridgehead atoms. The molecule has 0 atom stereocenters. The van der Waals surface area contributed by atoms with Crippen molar-refractivity contribution in [3.8, 4) is 11.1 Å². The van der Waals surface area contributed by atoms with Gasteiger partial charge in [-0.15, -0.1) is 0 Å². The van der Waals surface area contributed by atoms with Gasteiger partial charge in [0.15, 0.2) is 0 Å². The van der Waals surface area contributed by atoms with Crippen LogP contribution in [0.25, 0.3) is 11.1 Å². The van der Waals surface area contributed by atoms with E-state index in [1.54, 1.807) is 12.1 Å². The quantitative estimate of drug-likeness (QED) is 0.771. The van der Waals surface area contributed by atoms with Crippen molar-refractivity contribution in [3.63, 3.8) is 0 Å². The van der Waals surface area contributed by atoms with Gasteiger partial charge in [0.2, 0.25) is 0 Å². The van der Waals surface area contributed by atoms with Crippen molar-refractivity contribution in [2.45, 2.75) is 39.2 Å². The fourth-order valence-corrected chi connectivity index (χ4v) is 4.42. The summed E-state index contributed by atoms with van der Waals surface area (Å²) in [6.45, 7) is 6.96. The van der Waals surface area contributed by atoms with Gasteiger partial charge in [-0.05, 0) is 80.0 Å². The summed E-state index contributed by atoms with van der Waals surface area (Å²) in [7, 11) is 2.14. The van der Waals surface area contributed by atoms with Gasteiger partial charge in [0.1, 0.15) is 0 Å². The molecule has 0 amide bonds. The lowest BCUT2D eigenvalue weighted by molar-refractivity contribution is 0.0786. The smallest absolute Gasteiger partial charge is 0.0840 e. The standard InChI is InChI=1S/C21H26N2OS/c1-14-5-9-17(21(2,3)24)12-18(14)16-8-10-19-20(11-16)22(4)25-23(19)13-15-6-7-15/h5,8-12,15,24H,6-7,13H2,1-4H3. The van der Waals surface area contributed by atoms with E-state index in [4.69, 9.17) is 0 Å². The Morgan fingerprint density at radius 2 is 1.88 bits per heavy atom. The molecule has 2 aliphatic rings. The van der Waals surface area contributed by atoms with E-state index in [-0.39, 0.29) is 0 Å². The summed E-state index contributed by atoms with van der Waals surface area (Å²) in [4.78, 5) is 0. The minimum absolute atomic E-state index is 0.827. The zero-order valence-corrected chi connectivity index (χ0v) is 16.2. The number of hydrogen-bond acceptors (Lipinski definition) is 4. The molecule has 25 heavy (non-hydrogen) atoms. The maximum Gasteiger partial charge on any atom is 0.0840 e. The molecule has 1 heterocycles. The van der Waals surface area contributed by atoms with Gasteiger partial charge < -0.3 is 5.11 Å². The second-order valence-electron chi connectivity index (χ2n) is 7.88. The van der Waals surface area contributed by atoms with E-state index < -0.39 is 5.60 Å². The van der Waals surface area contributed by atoms with Crippen molar-refractivity contribution in [1.29, 1.82) is 0 Å². The molecule has 0 saturated heterocycles. The number of fused-ring (bicyclic) bond motifs is 1. The molecule has 0 spiro atoms. The van der Waals surface area contributed by atoms with Crippen molar-refractivity contribution in [3.05, 3.63) is 47.5 Å². The first-order chi connectivity index (χ1) is 11.8. The average molecular weight is 355 g/mol. The highest BCUT2D eigenvalue weighted by molar-refractivity contribution is 8.02. The number of hydrogen-bond donors (Lipinski definition) is 1. The van der Waals surface area contributed by atoms with Crippen LogP contribution in [-0.2, 0) is 5.60 Å². The van der Waals surface area contributed by atoms with Crippen LogP contribution in [0.1, 0.15) is 37.8 Å². The van der Waals surface area contributed by atoms with Crippen LogP contribution in [0.3, 0.4) is 0 Å². The lowest BCUT2D eigenvalue weighted by Gasteiger charge is -2.20. The predicted molar refractivity (Wildman–Crippen MR) is 108 cm³/mol. The Labute approximate surface area is 154 Å². The molecule has 1 aliphatic heterocycles. The highest BCUT2D eigenvalue weighted by Crippen LogP contribution is 2.47. The fraction of sp³-hybridized carbons (Fsp3) is 0.429. The molecule has 1 N–H and O–H groups in total. The summed E-state index contributed by atoms with van der Waals surface area (Å²) in [5.41, 5.74) is 6.36. The first-order valence-corrected chi connectivity index (χ1v) is 9.73. The SMILES string of the molecule is Cc1ccc(C(C)(C)O)cc1-c1ccc2c(c1)N(C)SN2CC1CC1. The third-order valence-corrected chi connectivity index (χ3v) is 6.16. The first kappa shape index (κ1) is 16.8. The van der Waals surface area contributed by atoms with Crippen LogP contribution in [0, 0.1) is 12.8 Å². The fourth-order valence-electron chi connectivity index (χ4n) is 3.37. The lowest BCUT2D eigenvalue weighted by Crippen LogP contribution is -2.16. The van der Waals surface area contributed by atoms with Crippen LogP contribution < -0.4 is 8.61 Å². The van der Waals surface area contributed by atoms with E-state index in [1.165, 1.54) is 40.9 Å². The van der Waals surface area contributed by atoms with Crippen LogP contribution in [0.5, 0.6) is 0 Å². The predicted octanol–water partition coefficient (Wildman–Crippen LogP) is 5.12. The topological polar surface area (TPSA) is 26.7 Å². The van der Waals surface area contributed by atoms with Crippen molar-refractivity contribution in [2.75, 3.05) is 22.2 Å². The number of aliphatic hydroxyl groups is 1. The van der Waals surface area contributed by atoms with Crippen LogP contribution >= 0.6 is 12.1 Å². The van der Waals surface area contributed by atoms with Crippen molar-refractivity contribution in [1.82, 2.24) is 0 Å².